The first-order chi connectivity index (χ1) is 14.1. The highest BCUT2D eigenvalue weighted by Crippen LogP contribution is 2.31. The molecule has 0 saturated carbocycles. The maximum atomic E-state index is 13.7. The molecule has 3 aromatic heterocycles. The zero-order valence-corrected chi connectivity index (χ0v) is 17.5. The average Bonchev–Trinajstić information content (AvgIpc) is 3.04. The van der Waals surface area contributed by atoms with Crippen LogP contribution in [0.4, 0.5) is 26.1 Å². The van der Waals surface area contributed by atoms with Crippen LogP contribution < -0.4 is 15.4 Å². The Bertz CT molecular complexity index is 1070. The van der Waals surface area contributed by atoms with Gasteiger partial charge in [-0.2, -0.15) is 13.2 Å². The molecule has 3 aromatic rings. The number of rotatable bonds is 7. The summed E-state index contributed by atoms with van der Waals surface area (Å²) in [6.07, 6.45) is 1.41. The second-order valence-electron chi connectivity index (χ2n) is 6.50. The monoisotopic (exact) mass is 435 g/mol. The molecule has 0 saturated heterocycles. The van der Waals surface area contributed by atoms with E-state index in [9.17, 15) is 13.6 Å². The van der Waals surface area contributed by atoms with Crippen molar-refractivity contribution in [2.75, 3.05) is 10.6 Å². The van der Waals surface area contributed by atoms with E-state index in [1.54, 1.807) is 13.8 Å². The van der Waals surface area contributed by atoms with Gasteiger partial charge in [0.2, 0.25) is 11.7 Å². The second-order valence-corrected chi connectivity index (χ2v) is 7.34. The van der Waals surface area contributed by atoms with Crippen LogP contribution in [0.5, 0.6) is 5.75 Å². The van der Waals surface area contributed by atoms with Crippen molar-refractivity contribution in [3.05, 3.63) is 40.7 Å². The van der Waals surface area contributed by atoms with Crippen LogP contribution in [-0.4, -0.2) is 30.2 Å². The second kappa shape index (κ2) is 8.61. The van der Waals surface area contributed by atoms with E-state index in [0.717, 1.165) is 6.92 Å². The van der Waals surface area contributed by atoms with Crippen LogP contribution in [0.15, 0.2) is 18.3 Å². The number of hydrogen-bond acceptors (Lipinski definition) is 9. The number of pyridine rings is 1. The van der Waals surface area contributed by atoms with Gasteiger partial charge in [0.05, 0.1) is 11.9 Å². The fourth-order valence-corrected chi connectivity index (χ4v) is 2.97. The smallest absolute Gasteiger partial charge is 0.303 e. The predicted octanol–water partition coefficient (Wildman–Crippen LogP) is 3.73. The van der Waals surface area contributed by atoms with Crippen molar-refractivity contribution in [2.45, 2.75) is 40.2 Å². The molecule has 0 atom stereocenters. The molecule has 2 N–H and O–H groups in total. The first kappa shape index (κ1) is 21.4. The van der Waals surface area contributed by atoms with E-state index in [1.807, 2.05) is 0 Å². The molecule has 12 heteroatoms. The van der Waals surface area contributed by atoms with Crippen LogP contribution in [-0.2, 0) is 17.3 Å². The van der Waals surface area contributed by atoms with Gasteiger partial charge in [-0.1, -0.05) is 0 Å². The number of alkyl halides is 2. The number of ether oxygens (including phenoxy) is 1. The maximum absolute atomic E-state index is 13.7. The third-order valence-electron chi connectivity index (χ3n) is 3.60. The van der Waals surface area contributed by atoms with Crippen LogP contribution in [0.25, 0.3) is 0 Å². The molecule has 30 heavy (non-hydrogen) atoms. The third-order valence-corrected chi connectivity index (χ3v) is 4.38. The minimum Gasteiger partial charge on any atom is -0.483 e. The van der Waals surface area contributed by atoms with E-state index >= 15 is 0 Å². The fraction of sp³-hybridized carbons (Fsp3) is 0.333. The summed E-state index contributed by atoms with van der Waals surface area (Å²) in [5.41, 5.74) is 0.741. The van der Waals surface area contributed by atoms with Crippen molar-refractivity contribution in [2.24, 2.45) is 0 Å². The Morgan fingerprint density at radius 1 is 1.20 bits per heavy atom. The van der Waals surface area contributed by atoms with Crippen molar-refractivity contribution in [1.82, 2.24) is 24.3 Å². The molecule has 158 valence electrons. The molecule has 1 amide bonds. The lowest BCUT2D eigenvalue weighted by Crippen LogP contribution is -2.14. The minimum absolute atomic E-state index is 0.141. The number of nitrogens with zero attached hydrogens (tertiary/aromatic N) is 5. The predicted molar refractivity (Wildman–Crippen MR) is 107 cm³/mol. The van der Waals surface area contributed by atoms with Gasteiger partial charge in [0.1, 0.15) is 24.1 Å². The zero-order valence-electron chi connectivity index (χ0n) is 16.7. The highest BCUT2D eigenvalue weighted by Gasteiger charge is 2.29. The summed E-state index contributed by atoms with van der Waals surface area (Å²) in [7, 11) is 0. The number of carbonyl (C=O) groups is 1. The van der Waals surface area contributed by atoms with Crippen LogP contribution in [0, 0.1) is 13.8 Å². The third kappa shape index (κ3) is 5.63. The van der Waals surface area contributed by atoms with Crippen LogP contribution in [0.2, 0.25) is 0 Å². The molecule has 0 radical (unpaired) electrons. The highest BCUT2D eigenvalue weighted by molar-refractivity contribution is 7.05. The van der Waals surface area contributed by atoms with E-state index < -0.39 is 11.7 Å². The van der Waals surface area contributed by atoms with Gasteiger partial charge in [-0.15, -0.1) is 0 Å². The molecule has 0 aliphatic rings. The van der Waals surface area contributed by atoms with Crippen LogP contribution in [0.1, 0.15) is 36.2 Å². The molecule has 0 aromatic carbocycles. The number of hydrogen-bond donors (Lipinski definition) is 2. The summed E-state index contributed by atoms with van der Waals surface area (Å²) in [5, 5.41) is 6.17. The summed E-state index contributed by atoms with van der Waals surface area (Å²) in [5.74, 6) is -2.74. The summed E-state index contributed by atoms with van der Waals surface area (Å²) in [6.45, 7) is 5.58. The topological polar surface area (TPSA) is 115 Å². The minimum atomic E-state index is -3.20. The lowest BCUT2D eigenvalue weighted by Gasteiger charge is -2.15. The van der Waals surface area contributed by atoms with Gasteiger partial charge < -0.3 is 15.4 Å². The molecule has 0 bridgehead atoms. The molecule has 0 aliphatic heterocycles. The number of aryl methyl sites for hydroxylation is 2. The van der Waals surface area contributed by atoms with Gasteiger partial charge in [-0.05, 0) is 25.4 Å². The van der Waals surface area contributed by atoms with Crippen LogP contribution in [0.3, 0.4) is 0 Å². The Kier molecular flexibility index (Phi) is 6.15. The first-order valence-corrected chi connectivity index (χ1v) is 9.58. The lowest BCUT2D eigenvalue weighted by atomic mass is 10.3. The number of carbonyl (C=O) groups excluding carboxylic acids is 1. The molecule has 0 aliphatic carbocycles. The van der Waals surface area contributed by atoms with E-state index in [2.05, 4.69) is 34.9 Å². The van der Waals surface area contributed by atoms with E-state index in [0.29, 0.717) is 28.0 Å². The molecule has 0 fully saturated rings. The van der Waals surface area contributed by atoms with Gasteiger partial charge in [0.15, 0.2) is 10.8 Å². The number of halogens is 2. The van der Waals surface area contributed by atoms with Gasteiger partial charge in [0.25, 0.3) is 0 Å². The van der Waals surface area contributed by atoms with E-state index in [1.165, 1.54) is 36.8 Å². The summed E-state index contributed by atoms with van der Waals surface area (Å²) < 4.78 is 37.3. The van der Waals surface area contributed by atoms with Crippen molar-refractivity contribution in [3.63, 3.8) is 0 Å². The van der Waals surface area contributed by atoms with Crippen LogP contribution >= 0.6 is 11.5 Å². The number of anilines is 3. The average molecular weight is 435 g/mol. The first-order valence-electron chi connectivity index (χ1n) is 8.81. The Morgan fingerprint density at radius 3 is 2.60 bits per heavy atom. The SMILES string of the molecule is CC(=O)Nc1cc(Nc2cc(C)nc(C(C)(F)F)n2)c(OCc2nc(C)ns2)cn1. The highest BCUT2D eigenvalue weighted by atomic mass is 32.1. The van der Waals surface area contributed by atoms with E-state index in [4.69, 9.17) is 4.74 Å². The Labute approximate surface area is 175 Å². The molecule has 3 rings (SSSR count). The molecule has 0 spiro atoms. The largest absolute Gasteiger partial charge is 0.483 e. The molecular weight excluding hydrogens is 416 g/mol. The lowest BCUT2D eigenvalue weighted by molar-refractivity contribution is -0.114. The number of amides is 1. The van der Waals surface area contributed by atoms with Gasteiger partial charge in [0, 0.05) is 31.7 Å². The molecule has 3 heterocycles. The number of aromatic nitrogens is 5. The van der Waals surface area contributed by atoms with Crippen molar-refractivity contribution >= 4 is 34.8 Å². The summed E-state index contributed by atoms with van der Waals surface area (Å²) in [6, 6.07) is 3.04. The van der Waals surface area contributed by atoms with E-state index in [-0.39, 0.29) is 24.1 Å². The van der Waals surface area contributed by atoms with Gasteiger partial charge in [-0.25, -0.2) is 19.9 Å². The maximum Gasteiger partial charge on any atom is 0.303 e. The van der Waals surface area contributed by atoms with Gasteiger partial charge >= 0.3 is 5.92 Å². The van der Waals surface area contributed by atoms with Gasteiger partial charge in [-0.3, -0.25) is 4.79 Å². The Morgan fingerprint density at radius 2 is 1.97 bits per heavy atom. The molecule has 9 nitrogen and oxygen atoms in total. The quantitative estimate of drug-likeness (QED) is 0.577. The fourth-order valence-electron chi connectivity index (χ4n) is 2.41. The number of nitrogens with one attached hydrogen (secondary N) is 2. The molecular formula is C18H19F2N7O2S. The molecule has 0 unspecified atom stereocenters. The zero-order chi connectivity index (χ0) is 21.9. The van der Waals surface area contributed by atoms with Crippen molar-refractivity contribution in [3.8, 4) is 5.75 Å². The summed E-state index contributed by atoms with van der Waals surface area (Å²) in [4.78, 5) is 27.4. The normalized spacial score (nSPS) is 11.3. The van der Waals surface area contributed by atoms with Crippen molar-refractivity contribution < 1.29 is 18.3 Å². The standard InChI is InChI=1S/C18H19F2N7O2S/c1-9-5-15(26-17(22-9)18(4,19)20)25-12-6-14(24-11(3)28)21-7-13(12)29-8-16-23-10(2)27-30-16/h5-7H,8H2,1-4H3,(H2,21,22,24,25,26,28). The van der Waals surface area contributed by atoms with Crippen molar-refractivity contribution in [1.29, 1.82) is 0 Å². The summed E-state index contributed by atoms with van der Waals surface area (Å²) >= 11 is 1.21. The Hall–Kier alpha value is -3.28. The Balaban J connectivity index is 1.92.